The van der Waals surface area contributed by atoms with Crippen LogP contribution in [0, 0.1) is 0 Å². The second kappa shape index (κ2) is 7.98. The number of aromatic amines is 1. The van der Waals surface area contributed by atoms with Crippen LogP contribution >= 0.6 is 11.3 Å². The maximum absolute atomic E-state index is 13.5. The third-order valence-corrected chi connectivity index (χ3v) is 6.73. The van der Waals surface area contributed by atoms with Gasteiger partial charge in [0, 0.05) is 24.9 Å². The standard InChI is InChI=1S/C22H14F3N7O2S/c23-22(24,25)11-5-7-26-14(9-11)18-30-31-19(34-18)21(33)32-8-6-13-16(28-10-27-13)17(32)20-29-12-3-1-2-4-15(12)35-20/h1-5,7,9-10,17H,6,8H2,(H,27,28)/t17-/m0/s1. The predicted octanol–water partition coefficient (Wildman–Crippen LogP) is 4.27. The van der Waals surface area contributed by atoms with Crippen LogP contribution < -0.4 is 0 Å². The van der Waals surface area contributed by atoms with Crippen LogP contribution in [0.3, 0.4) is 0 Å². The van der Waals surface area contributed by atoms with Gasteiger partial charge in [0.1, 0.15) is 16.7 Å². The van der Waals surface area contributed by atoms with E-state index in [0.29, 0.717) is 23.7 Å². The number of pyridine rings is 1. The highest BCUT2D eigenvalue weighted by atomic mass is 32.1. The van der Waals surface area contributed by atoms with Gasteiger partial charge in [-0.3, -0.25) is 9.78 Å². The first-order valence-corrected chi connectivity index (χ1v) is 11.3. The van der Waals surface area contributed by atoms with Gasteiger partial charge < -0.3 is 14.3 Å². The molecule has 35 heavy (non-hydrogen) atoms. The second-order valence-electron chi connectivity index (χ2n) is 7.78. The van der Waals surface area contributed by atoms with E-state index in [-0.39, 0.29) is 17.5 Å². The molecule has 1 amide bonds. The predicted molar refractivity (Wildman–Crippen MR) is 117 cm³/mol. The normalized spacial score (nSPS) is 16.0. The highest BCUT2D eigenvalue weighted by molar-refractivity contribution is 7.18. The zero-order valence-corrected chi connectivity index (χ0v) is 18.5. The molecule has 0 saturated carbocycles. The lowest BCUT2D eigenvalue weighted by atomic mass is 10.0. The summed E-state index contributed by atoms with van der Waals surface area (Å²) < 4.78 is 45.6. The van der Waals surface area contributed by atoms with Crippen LogP contribution in [0.5, 0.6) is 0 Å². The van der Waals surface area contributed by atoms with Gasteiger partial charge in [-0.1, -0.05) is 12.1 Å². The lowest BCUT2D eigenvalue weighted by molar-refractivity contribution is -0.137. The summed E-state index contributed by atoms with van der Waals surface area (Å²) in [6.45, 7) is 0.328. The molecule has 0 spiro atoms. The first-order chi connectivity index (χ1) is 16.9. The van der Waals surface area contributed by atoms with Gasteiger partial charge in [-0.15, -0.1) is 21.5 Å². The molecule has 13 heteroatoms. The number of rotatable bonds is 3. The number of carbonyl (C=O) groups is 1. The van der Waals surface area contributed by atoms with E-state index in [1.54, 1.807) is 6.33 Å². The molecule has 1 N–H and O–H groups in total. The Bertz CT molecular complexity index is 1520. The molecule has 0 saturated heterocycles. The molecule has 4 aromatic heterocycles. The van der Waals surface area contributed by atoms with Gasteiger partial charge in [0.2, 0.25) is 0 Å². The zero-order valence-electron chi connectivity index (χ0n) is 17.7. The molecule has 0 unspecified atom stereocenters. The molecule has 176 valence electrons. The Morgan fingerprint density at radius 3 is 2.86 bits per heavy atom. The number of amides is 1. The Balaban J connectivity index is 1.36. The fraction of sp³-hybridized carbons (Fsp3) is 0.182. The van der Waals surface area contributed by atoms with E-state index in [0.717, 1.165) is 34.2 Å². The van der Waals surface area contributed by atoms with Crippen LogP contribution in [0.1, 0.15) is 38.7 Å². The van der Waals surface area contributed by atoms with Crippen molar-refractivity contribution in [3.05, 3.63) is 76.8 Å². The quantitative estimate of drug-likeness (QED) is 0.396. The number of aromatic nitrogens is 6. The van der Waals surface area contributed by atoms with Gasteiger partial charge in [0.05, 0.1) is 27.8 Å². The molecule has 0 fully saturated rings. The Labute approximate surface area is 198 Å². The smallest absolute Gasteiger partial charge is 0.411 e. The Morgan fingerprint density at radius 2 is 2.03 bits per heavy atom. The second-order valence-corrected chi connectivity index (χ2v) is 8.84. The summed E-state index contributed by atoms with van der Waals surface area (Å²) in [5.41, 5.74) is 1.28. The summed E-state index contributed by atoms with van der Waals surface area (Å²) in [6.07, 6.45) is -1.46. The summed E-state index contributed by atoms with van der Waals surface area (Å²) in [5.74, 6) is -1.22. The molecule has 1 aliphatic heterocycles. The number of hydrogen-bond acceptors (Lipinski definition) is 8. The molecule has 1 atom stereocenters. The molecule has 9 nitrogen and oxygen atoms in total. The number of fused-ring (bicyclic) bond motifs is 2. The first-order valence-electron chi connectivity index (χ1n) is 10.4. The molecule has 6 rings (SSSR count). The number of alkyl halides is 3. The molecule has 5 heterocycles. The van der Waals surface area contributed by atoms with Crippen molar-refractivity contribution in [1.29, 1.82) is 0 Å². The highest BCUT2D eigenvalue weighted by Gasteiger charge is 2.38. The summed E-state index contributed by atoms with van der Waals surface area (Å²) in [5, 5.41) is 8.24. The molecular formula is C22H14F3N7O2S. The summed E-state index contributed by atoms with van der Waals surface area (Å²) in [7, 11) is 0. The minimum Gasteiger partial charge on any atom is -0.411 e. The van der Waals surface area contributed by atoms with Gasteiger partial charge in [-0.05, 0) is 24.3 Å². The van der Waals surface area contributed by atoms with E-state index in [9.17, 15) is 18.0 Å². The van der Waals surface area contributed by atoms with Crippen molar-refractivity contribution in [3.8, 4) is 11.6 Å². The van der Waals surface area contributed by atoms with Crippen LogP contribution in [0.25, 0.3) is 21.8 Å². The van der Waals surface area contributed by atoms with Gasteiger partial charge in [0.25, 0.3) is 5.89 Å². The SMILES string of the molecule is O=C(c1nnc(-c2cc(C(F)(F)F)ccn2)o1)N1CCc2[nH]cnc2[C@H]1c1nc2ccccc2s1. The highest BCUT2D eigenvalue weighted by Crippen LogP contribution is 2.38. The first kappa shape index (κ1) is 21.4. The summed E-state index contributed by atoms with van der Waals surface area (Å²) in [6, 6.07) is 8.68. The van der Waals surface area contributed by atoms with E-state index in [1.807, 2.05) is 24.3 Å². The van der Waals surface area contributed by atoms with Crippen LogP contribution in [-0.2, 0) is 12.6 Å². The maximum atomic E-state index is 13.5. The van der Waals surface area contributed by atoms with E-state index >= 15 is 0 Å². The molecule has 1 aliphatic rings. The van der Waals surface area contributed by atoms with Crippen molar-refractivity contribution in [2.45, 2.75) is 18.6 Å². The van der Waals surface area contributed by atoms with Crippen molar-refractivity contribution < 1.29 is 22.4 Å². The topological polar surface area (TPSA) is 114 Å². The largest absolute Gasteiger partial charge is 0.416 e. The minimum absolute atomic E-state index is 0.178. The van der Waals surface area contributed by atoms with Gasteiger partial charge in [0.15, 0.2) is 0 Å². The lowest BCUT2D eigenvalue weighted by Crippen LogP contribution is -2.41. The van der Waals surface area contributed by atoms with Crippen molar-refractivity contribution in [1.82, 2.24) is 35.0 Å². The Hall–Kier alpha value is -4.13. The number of imidazole rings is 1. The van der Waals surface area contributed by atoms with Crippen LogP contribution in [-0.4, -0.2) is 47.5 Å². The number of halogens is 3. The molecule has 0 radical (unpaired) electrons. The van der Waals surface area contributed by atoms with Crippen molar-refractivity contribution in [3.63, 3.8) is 0 Å². The van der Waals surface area contributed by atoms with E-state index in [1.165, 1.54) is 16.2 Å². The van der Waals surface area contributed by atoms with E-state index in [2.05, 4.69) is 25.1 Å². The maximum Gasteiger partial charge on any atom is 0.416 e. The van der Waals surface area contributed by atoms with Crippen LogP contribution in [0.4, 0.5) is 13.2 Å². The number of nitrogens with zero attached hydrogens (tertiary/aromatic N) is 6. The minimum atomic E-state index is -4.56. The third kappa shape index (κ3) is 3.73. The van der Waals surface area contributed by atoms with Gasteiger partial charge in [-0.2, -0.15) is 13.2 Å². The summed E-state index contributed by atoms with van der Waals surface area (Å²) >= 11 is 1.45. The fourth-order valence-corrected chi connectivity index (χ4v) is 5.10. The zero-order chi connectivity index (χ0) is 24.2. The Morgan fingerprint density at radius 1 is 1.17 bits per heavy atom. The fourth-order valence-electron chi connectivity index (χ4n) is 4.01. The average Bonchev–Trinajstić information content (AvgIpc) is 3.61. The van der Waals surface area contributed by atoms with Gasteiger partial charge >= 0.3 is 18.0 Å². The lowest BCUT2D eigenvalue weighted by Gasteiger charge is -2.32. The number of carbonyl (C=O) groups excluding carboxylic acids is 1. The summed E-state index contributed by atoms with van der Waals surface area (Å²) in [4.78, 5) is 31.1. The van der Waals surface area contributed by atoms with Crippen LogP contribution in [0.15, 0.2) is 53.3 Å². The number of hydrogen-bond donors (Lipinski definition) is 1. The van der Waals surface area contributed by atoms with Crippen molar-refractivity contribution >= 4 is 27.5 Å². The molecule has 0 aliphatic carbocycles. The molecular weight excluding hydrogens is 483 g/mol. The molecule has 0 bridgehead atoms. The van der Waals surface area contributed by atoms with E-state index < -0.39 is 23.7 Å². The van der Waals surface area contributed by atoms with Crippen LogP contribution in [0.2, 0.25) is 0 Å². The molecule has 1 aromatic carbocycles. The number of para-hydroxylation sites is 1. The van der Waals surface area contributed by atoms with Crippen molar-refractivity contribution in [2.24, 2.45) is 0 Å². The number of H-pyrrole nitrogens is 1. The number of benzene rings is 1. The number of thiazole rings is 1. The van der Waals surface area contributed by atoms with Gasteiger partial charge in [-0.25, -0.2) is 9.97 Å². The monoisotopic (exact) mass is 497 g/mol. The Kier molecular flexibility index (Phi) is 4.88. The van der Waals surface area contributed by atoms with E-state index in [4.69, 9.17) is 9.40 Å². The number of nitrogens with one attached hydrogen (secondary N) is 1. The third-order valence-electron chi connectivity index (χ3n) is 5.64. The molecule has 5 aromatic rings. The van der Waals surface area contributed by atoms with Crippen molar-refractivity contribution in [2.75, 3.05) is 6.54 Å². The average molecular weight is 497 g/mol.